The second kappa shape index (κ2) is 5.56. The second-order valence-electron chi connectivity index (χ2n) is 3.17. The average molecular weight is 201 g/mol. The zero-order valence-electron chi connectivity index (χ0n) is 7.91. The molecule has 1 aliphatic rings. The van der Waals surface area contributed by atoms with Gasteiger partial charge in [-0.05, 0) is 25.9 Å². The fourth-order valence-corrected chi connectivity index (χ4v) is 1.33. The molecular weight excluding hydrogens is 186 g/mol. The highest BCUT2D eigenvalue weighted by molar-refractivity contribution is 5.94. The summed E-state index contributed by atoms with van der Waals surface area (Å²) in [5.41, 5.74) is 4.77. The molecular formula is C8H15N3O3. The van der Waals surface area contributed by atoms with Crippen molar-refractivity contribution >= 4 is 11.9 Å². The standard InChI is InChI=1S/C8H15N3O3/c9-8(13)11-7(12)5-14-6-1-3-10-4-2-6/h6,10H,1-5H2,(H3,9,11,12,13). The third-order valence-electron chi connectivity index (χ3n) is 2.00. The van der Waals surface area contributed by atoms with E-state index in [4.69, 9.17) is 10.5 Å². The first-order chi connectivity index (χ1) is 6.68. The van der Waals surface area contributed by atoms with E-state index in [2.05, 4.69) is 5.32 Å². The van der Waals surface area contributed by atoms with Crippen LogP contribution in [0.3, 0.4) is 0 Å². The molecule has 0 spiro atoms. The first-order valence-corrected chi connectivity index (χ1v) is 4.60. The van der Waals surface area contributed by atoms with Crippen molar-refractivity contribution in [1.29, 1.82) is 0 Å². The largest absolute Gasteiger partial charge is 0.368 e. The lowest BCUT2D eigenvalue weighted by Crippen LogP contribution is -2.39. The number of primary amides is 1. The SMILES string of the molecule is NC(=O)NC(=O)COC1CCNCC1. The number of hydrogen-bond donors (Lipinski definition) is 3. The number of nitrogens with one attached hydrogen (secondary N) is 2. The Morgan fingerprint density at radius 3 is 2.64 bits per heavy atom. The molecule has 1 heterocycles. The number of ether oxygens (including phenoxy) is 1. The van der Waals surface area contributed by atoms with Gasteiger partial charge in [-0.25, -0.2) is 4.79 Å². The van der Waals surface area contributed by atoms with E-state index >= 15 is 0 Å². The van der Waals surface area contributed by atoms with E-state index in [1.165, 1.54) is 0 Å². The quantitative estimate of drug-likeness (QED) is 0.543. The molecule has 0 aromatic heterocycles. The first-order valence-electron chi connectivity index (χ1n) is 4.60. The number of hydrogen-bond acceptors (Lipinski definition) is 4. The highest BCUT2D eigenvalue weighted by atomic mass is 16.5. The van der Waals surface area contributed by atoms with E-state index in [-0.39, 0.29) is 12.7 Å². The molecule has 14 heavy (non-hydrogen) atoms. The summed E-state index contributed by atoms with van der Waals surface area (Å²) in [7, 11) is 0. The average Bonchev–Trinajstić information content (AvgIpc) is 2.15. The monoisotopic (exact) mass is 201 g/mol. The third kappa shape index (κ3) is 4.20. The van der Waals surface area contributed by atoms with Gasteiger partial charge in [0.05, 0.1) is 6.10 Å². The number of carbonyl (C=O) groups is 2. The number of urea groups is 1. The summed E-state index contributed by atoms with van der Waals surface area (Å²) in [5, 5.41) is 5.12. The summed E-state index contributed by atoms with van der Waals surface area (Å²) in [6.45, 7) is 1.71. The van der Waals surface area contributed by atoms with Gasteiger partial charge in [-0.2, -0.15) is 0 Å². The van der Waals surface area contributed by atoms with Crippen molar-refractivity contribution < 1.29 is 14.3 Å². The molecule has 0 radical (unpaired) electrons. The third-order valence-corrected chi connectivity index (χ3v) is 2.00. The maximum Gasteiger partial charge on any atom is 0.318 e. The number of rotatable bonds is 3. The highest BCUT2D eigenvalue weighted by Gasteiger charge is 2.14. The minimum Gasteiger partial charge on any atom is -0.368 e. The van der Waals surface area contributed by atoms with Gasteiger partial charge in [0.1, 0.15) is 6.61 Å². The predicted molar refractivity (Wildman–Crippen MR) is 49.6 cm³/mol. The van der Waals surface area contributed by atoms with E-state index in [9.17, 15) is 9.59 Å². The van der Waals surface area contributed by atoms with Gasteiger partial charge in [0.15, 0.2) is 0 Å². The molecule has 0 aromatic carbocycles. The topological polar surface area (TPSA) is 93.5 Å². The Morgan fingerprint density at radius 1 is 1.43 bits per heavy atom. The van der Waals surface area contributed by atoms with Gasteiger partial charge < -0.3 is 15.8 Å². The molecule has 1 rings (SSSR count). The van der Waals surface area contributed by atoms with Crippen LogP contribution in [0.4, 0.5) is 4.79 Å². The molecule has 0 aliphatic carbocycles. The van der Waals surface area contributed by atoms with Crippen molar-refractivity contribution in [3.8, 4) is 0 Å². The Bertz CT molecular complexity index is 214. The van der Waals surface area contributed by atoms with Crippen LogP contribution in [0.2, 0.25) is 0 Å². The molecule has 6 nitrogen and oxygen atoms in total. The number of amides is 3. The summed E-state index contributed by atoms with van der Waals surface area (Å²) in [6, 6.07) is -0.844. The molecule has 1 fully saturated rings. The van der Waals surface area contributed by atoms with Gasteiger partial charge in [0.2, 0.25) is 0 Å². The normalized spacial score (nSPS) is 17.7. The first kappa shape index (κ1) is 10.9. The number of imide groups is 1. The summed E-state index contributed by atoms with van der Waals surface area (Å²) in [5.74, 6) is -0.490. The van der Waals surface area contributed by atoms with Crippen LogP contribution in [-0.4, -0.2) is 37.7 Å². The van der Waals surface area contributed by atoms with E-state index in [0.29, 0.717) is 0 Å². The van der Waals surface area contributed by atoms with E-state index in [1.54, 1.807) is 0 Å². The predicted octanol–water partition coefficient (Wildman–Crippen LogP) is -1.05. The minimum absolute atomic E-state index is 0.104. The van der Waals surface area contributed by atoms with Gasteiger partial charge in [-0.1, -0.05) is 0 Å². The fourth-order valence-electron chi connectivity index (χ4n) is 1.33. The lowest BCUT2D eigenvalue weighted by Gasteiger charge is -2.22. The van der Waals surface area contributed by atoms with E-state index < -0.39 is 11.9 Å². The van der Waals surface area contributed by atoms with Crippen LogP contribution in [-0.2, 0) is 9.53 Å². The zero-order valence-corrected chi connectivity index (χ0v) is 7.91. The molecule has 0 aromatic rings. The van der Waals surface area contributed by atoms with Gasteiger partial charge in [-0.15, -0.1) is 0 Å². The molecule has 0 atom stereocenters. The van der Waals surface area contributed by atoms with Crippen molar-refractivity contribution in [2.45, 2.75) is 18.9 Å². The van der Waals surface area contributed by atoms with E-state index in [0.717, 1.165) is 25.9 Å². The Morgan fingerprint density at radius 2 is 2.07 bits per heavy atom. The van der Waals surface area contributed by atoms with Crippen LogP contribution in [0.1, 0.15) is 12.8 Å². The molecule has 1 saturated heterocycles. The second-order valence-corrected chi connectivity index (χ2v) is 3.17. The summed E-state index contributed by atoms with van der Waals surface area (Å²) in [4.78, 5) is 21.2. The molecule has 4 N–H and O–H groups in total. The zero-order chi connectivity index (χ0) is 10.4. The molecule has 3 amide bonds. The Balaban J connectivity index is 2.12. The van der Waals surface area contributed by atoms with Crippen LogP contribution >= 0.6 is 0 Å². The van der Waals surface area contributed by atoms with Crippen molar-refractivity contribution in [2.24, 2.45) is 5.73 Å². The van der Waals surface area contributed by atoms with Crippen LogP contribution < -0.4 is 16.4 Å². The van der Waals surface area contributed by atoms with Gasteiger partial charge in [0.25, 0.3) is 5.91 Å². The van der Waals surface area contributed by atoms with Crippen LogP contribution in [0.25, 0.3) is 0 Å². The Hall–Kier alpha value is -1.14. The Labute approximate surface area is 82.2 Å². The van der Waals surface area contributed by atoms with Crippen molar-refractivity contribution in [3.05, 3.63) is 0 Å². The molecule has 0 saturated carbocycles. The highest BCUT2D eigenvalue weighted by Crippen LogP contribution is 2.06. The van der Waals surface area contributed by atoms with Gasteiger partial charge in [0, 0.05) is 0 Å². The molecule has 0 bridgehead atoms. The minimum atomic E-state index is -0.844. The molecule has 6 heteroatoms. The lowest BCUT2D eigenvalue weighted by molar-refractivity contribution is -0.127. The summed E-state index contributed by atoms with van der Waals surface area (Å²) in [6.07, 6.45) is 1.89. The van der Waals surface area contributed by atoms with Crippen LogP contribution in [0, 0.1) is 0 Å². The molecule has 1 aliphatic heterocycles. The fraction of sp³-hybridized carbons (Fsp3) is 0.750. The number of piperidine rings is 1. The van der Waals surface area contributed by atoms with Gasteiger partial charge in [-0.3, -0.25) is 10.1 Å². The summed E-state index contributed by atoms with van der Waals surface area (Å²) >= 11 is 0. The van der Waals surface area contributed by atoms with Crippen LogP contribution in [0.15, 0.2) is 0 Å². The smallest absolute Gasteiger partial charge is 0.318 e. The van der Waals surface area contributed by atoms with E-state index in [1.807, 2.05) is 5.32 Å². The molecule has 0 unspecified atom stereocenters. The van der Waals surface area contributed by atoms with Crippen molar-refractivity contribution in [1.82, 2.24) is 10.6 Å². The molecule has 80 valence electrons. The maximum atomic E-state index is 10.9. The Kier molecular flexibility index (Phi) is 4.34. The lowest BCUT2D eigenvalue weighted by atomic mass is 10.1. The number of nitrogens with two attached hydrogens (primary N) is 1. The van der Waals surface area contributed by atoms with Crippen molar-refractivity contribution in [2.75, 3.05) is 19.7 Å². The summed E-state index contributed by atoms with van der Waals surface area (Å²) < 4.78 is 5.29. The van der Waals surface area contributed by atoms with Gasteiger partial charge >= 0.3 is 6.03 Å². The van der Waals surface area contributed by atoms with Crippen LogP contribution in [0.5, 0.6) is 0 Å². The van der Waals surface area contributed by atoms with Crippen molar-refractivity contribution in [3.63, 3.8) is 0 Å². The maximum absolute atomic E-state index is 10.9. The number of carbonyl (C=O) groups excluding carboxylic acids is 2.